The molecule has 51 heavy (non-hydrogen) atoms. The predicted octanol–water partition coefficient (Wildman–Crippen LogP) is 13.7. The molecule has 3 aliphatic rings. The molecule has 9 rings (SSSR count). The van der Waals surface area contributed by atoms with Gasteiger partial charge in [-0.2, -0.15) is 0 Å². The van der Waals surface area contributed by atoms with E-state index in [1.165, 1.54) is 127 Å². The topological polar surface area (TPSA) is 0 Å². The van der Waals surface area contributed by atoms with Gasteiger partial charge < -0.3 is 0 Å². The Bertz CT molecular complexity index is 2550. The molecule has 1 unspecified atom stereocenters. The summed E-state index contributed by atoms with van der Waals surface area (Å²) in [5, 5.41) is 5.75. The molecular weight excluding hydrogens is 613 g/mol. The van der Waals surface area contributed by atoms with Crippen LogP contribution in [0.5, 0.6) is 0 Å². The van der Waals surface area contributed by atoms with Gasteiger partial charge in [0.25, 0.3) is 0 Å². The maximum Gasteiger partial charge on any atom is 0.00621 e. The molecule has 6 aromatic rings. The maximum atomic E-state index is 2.46. The van der Waals surface area contributed by atoms with Crippen LogP contribution >= 0.6 is 0 Å². The van der Waals surface area contributed by atoms with Crippen molar-refractivity contribution in [1.82, 2.24) is 0 Å². The van der Waals surface area contributed by atoms with Crippen molar-refractivity contribution in [1.29, 1.82) is 0 Å². The van der Waals surface area contributed by atoms with Gasteiger partial charge in [-0.05, 0) is 196 Å². The van der Waals surface area contributed by atoms with E-state index in [2.05, 4.69) is 159 Å². The molecular formula is C51H46. The zero-order chi connectivity index (χ0) is 35.3. The zero-order valence-corrected chi connectivity index (χ0v) is 31.3. The summed E-state index contributed by atoms with van der Waals surface area (Å²) >= 11 is 0. The van der Waals surface area contributed by atoms with E-state index < -0.39 is 0 Å². The van der Waals surface area contributed by atoms with E-state index in [1.54, 1.807) is 0 Å². The molecule has 250 valence electrons. The van der Waals surface area contributed by atoms with E-state index in [1.807, 2.05) is 0 Å². The number of rotatable bonds is 3. The molecule has 0 nitrogen and oxygen atoms in total. The highest BCUT2D eigenvalue weighted by atomic mass is 14.3. The quantitative estimate of drug-likeness (QED) is 0.166. The third-order valence-corrected chi connectivity index (χ3v) is 13.1. The van der Waals surface area contributed by atoms with Crippen molar-refractivity contribution < 1.29 is 0 Å². The Kier molecular flexibility index (Phi) is 7.27. The summed E-state index contributed by atoms with van der Waals surface area (Å²) in [6, 6.07) is 26.9. The summed E-state index contributed by atoms with van der Waals surface area (Å²) in [7, 11) is 0. The lowest BCUT2D eigenvalue weighted by Gasteiger charge is -2.30. The van der Waals surface area contributed by atoms with Gasteiger partial charge in [0.1, 0.15) is 0 Å². The lowest BCUT2D eigenvalue weighted by molar-refractivity contribution is 0.795. The summed E-state index contributed by atoms with van der Waals surface area (Å²) in [5.74, 6) is 0.358. The number of aryl methyl sites for hydroxylation is 4. The summed E-state index contributed by atoms with van der Waals surface area (Å²) in [6.07, 6.45) is 14.1. The molecule has 0 saturated heterocycles. The first-order chi connectivity index (χ1) is 24.7. The Morgan fingerprint density at radius 1 is 0.471 bits per heavy atom. The molecule has 0 aliphatic heterocycles. The van der Waals surface area contributed by atoms with Crippen molar-refractivity contribution in [3.8, 4) is 22.3 Å². The number of allylic oxidation sites excluding steroid dienone is 8. The number of hydrogen-bond donors (Lipinski definition) is 0. The van der Waals surface area contributed by atoms with Crippen molar-refractivity contribution in [2.45, 2.75) is 68.2 Å². The SMILES string of the molecule is Cc1c(C)c(C)c2c(-c3cccc4c3-c3ccccc3C4)c3c(C)c(C)c(C)c(C)c3c(C3=CC=C4C=C(c5ccccc5)C=CC4C3)c2c1C. The van der Waals surface area contributed by atoms with Gasteiger partial charge in [-0.3, -0.25) is 0 Å². The van der Waals surface area contributed by atoms with E-state index in [-0.39, 0.29) is 0 Å². The Hall–Kier alpha value is -5.20. The third kappa shape index (κ3) is 4.58. The second-order valence-electron chi connectivity index (χ2n) is 15.4. The highest BCUT2D eigenvalue weighted by Crippen LogP contribution is 2.54. The largest absolute Gasteiger partial charge is 0.0761 e. The zero-order valence-electron chi connectivity index (χ0n) is 31.3. The molecule has 0 radical (unpaired) electrons. The van der Waals surface area contributed by atoms with Crippen LogP contribution in [0.2, 0.25) is 0 Å². The second kappa shape index (κ2) is 11.7. The van der Waals surface area contributed by atoms with Crippen molar-refractivity contribution >= 4 is 32.7 Å². The van der Waals surface area contributed by atoms with Crippen LogP contribution in [0.15, 0.2) is 109 Å². The normalized spacial score (nSPS) is 16.2. The minimum absolute atomic E-state index is 0.358. The fourth-order valence-electron chi connectivity index (χ4n) is 9.63. The molecule has 6 aromatic carbocycles. The molecule has 0 fully saturated rings. The standard InChI is InChI=1S/C51H46/c1-28-30(3)34(7)47-45(32(28)5)50(42-24-23-38-25-37(21-22-39(38)26-42)36-15-10-9-11-16-36)46-33(6)29(2)31(4)35(8)48(46)51(47)44-20-14-18-41-27-40-17-12-13-19-43(40)49(41)44/h9-25,39H,26-27H2,1-8H3. The predicted molar refractivity (Wildman–Crippen MR) is 221 cm³/mol. The van der Waals surface area contributed by atoms with E-state index >= 15 is 0 Å². The Balaban J connectivity index is 1.42. The highest BCUT2D eigenvalue weighted by molar-refractivity contribution is 6.24. The van der Waals surface area contributed by atoms with Gasteiger partial charge >= 0.3 is 0 Å². The van der Waals surface area contributed by atoms with Crippen molar-refractivity contribution in [2.75, 3.05) is 0 Å². The summed E-state index contributed by atoms with van der Waals surface area (Å²) < 4.78 is 0. The van der Waals surface area contributed by atoms with Crippen LogP contribution in [0.3, 0.4) is 0 Å². The molecule has 0 N–H and O–H groups in total. The minimum atomic E-state index is 0.358. The molecule has 0 spiro atoms. The number of fused-ring (bicyclic) bond motifs is 6. The molecule has 3 aliphatic carbocycles. The van der Waals surface area contributed by atoms with Crippen LogP contribution in [0.1, 0.15) is 73.2 Å². The first-order valence-corrected chi connectivity index (χ1v) is 18.7. The summed E-state index contributed by atoms with van der Waals surface area (Å²) in [4.78, 5) is 0. The Labute approximate surface area is 303 Å². The lowest BCUT2D eigenvalue weighted by Crippen LogP contribution is -2.11. The number of benzene rings is 6. The van der Waals surface area contributed by atoms with Crippen LogP contribution in [0.4, 0.5) is 0 Å². The monoisotopic (exact) mass is 658 g/mol. The second-order valence-corrected chi connectivity index (χ2v) is 15.4. The summed E-state index contributed by atoms with van der Waals surface area (Å²) in [5.41, 5.74) is 26.7. The lowest BCUT2D eigenvalue weighted by atomic mass is 9.73. The van der Waals surface area contributed by atoms with Crippen molar-refractivity contribution in [3.05, 3.63) is 176 Å². The molecule has 0 amide bonds. The number of hydrogen-bond acceptors (Lipinski definition) is 0. The Morgan fingerprint density at radius 3 is 1.67 bits per heavy atom. The molecule has 0 saturated carbocycles. The van der Waals surface area contributed by atoms with Crippen LogP contribution in [-0.4, -0.2) is 0 Å². The van der Waals surface area contributed by atoms with Gasteiger partial charge in [0.05, 0.1) is 0 Å². The van der Waals surface area contributed by atoms with E-state index in [9.17, 15) is 0 Å². The molecule has 1 atom stereocenters. The minimum Gasteiger partial charge on any atom is -0.0761 e. The molecule has 0 heterocycles. The molecule has 0 heteroatoms. The van der Waals surface area contributed by atoms with Crippen LogP contribution < -0.4 is 0 Å². The van der Waals surface area contributed by atoms with Crippen molar-refractivity contribution in [3.63, 3.8) is 0 Å². The van der Waals surface area contributed by atoms with Gasteiger partial charge in [0.2, 0.25) is 0 Å². The molecule has 0 aromatic heterocycles. The van der Waals surface area contributed by atoms with Gasteiger partial charge in [-0.25, -0.2) is 0 Å². The van der Waals surface area contributed by atoms with E-state index in [0.717, 1.165) is 12.8 Å². The average molecular weight is 659 g/mol. The summed E-state index contributed by atoms with van der Waals surface area (Å²) in [6.45, 7) is 18.9. The fraction of sp³-hybridized carbons (Fsp3) is 0.216. The average Bonchev–Trinajstić information content (AvgIpc) is 3.55. The van der Waals surface area contributed by atoms with Gasteiger partial charge in [0, 0.05) is 5.92 Å². The van der Waals surface area contributed by atoms with Gasteiger partial charge in [-0.15, -0.1) is 0 Å². The first kappa shape index (κ1) is 31.8. The Morgan fingerprint density at radius 2 is 1.02 bits per heavy atom. The van der Waals surface area contributed by atoms with E-state index in [0.29, 0.717) is 5.92 Å². The van der Waals surface area contributed by atoms with Crippen LogP contribution in [-0.2, 0) is 6.42 Å². The smallest absolute Gasteiger partial charge is 0.00621 e. The highest BCUT2D eigenvalue weighted by Gasteiger charge is 2.31. The van der Waals surface area contributed by atoms with E-state index in [4.69, 9.17) is 0 Å². The van der Waals surface area contributed by atoms with Gasteiger partial charge in [0.15, 0.2) is 0 Å². The third-order valence-electron chi connectivity index (χ3n) is 13.1. The maximum absolute atomic E-state index is 2.46. The fourth-order valence-corrected chi connectivity index (χ4v) is 9.63. The van der Waals surface area contributed by atoms with Crippen LogP contribution in [0, 0.1) is 61.3 Å². The first-order valence-electron chi connectivity index (χ1n) is 18.7. The van der Waals surface area contributed by atoms with Crippen molar-refractivity contribution in [2.24, 2.45) is 5.92 Å². The van der Waals surface area contributed by atoms with Crippen LogP contribution in [0.25, 0.3) is 54.9 Å². The molecule has 0 bridgehead atoms. The van der Waals surface area contributed by atoms with Gasteiger partial charge in [-0.1, -0.05) is 103 Å².